The Labute approximate surface area is 200 Å². The van der Waals surface area contributed by atoms with Gasteiger partial charge in [0.15, 0.2) is 5.76 Å². The molecule has 1 N–H and O–H groups in total. The molecule has 0 saturated heterocycles. The van der Waals surface area contributed by atoms with Gasteiger partial charge in [-0.25, -0.2) is 5.43 Å². The number of para-hydroxylation sites is 1. The van der Waals surface area contributed by atoms with E-state index in [2.05, 4.69) is 64.2 Å². The highest BCUT2D eigenvalue weighted by Crippen LogP contribution is 2.32. The fraction of sp³-hybridized carbons (Fsp3) is 0.111. The van der Waals surface area contributed by atoms with Crippen molar-refractivity contribution in [2.24, 2.45) is 5.10 Å². The molecule has 0 radical (unpaired) electrons. The molecular weight excluding hydrogens is 480 g/mol. The topological polar surface area (TPSA) is 63.8 Å². The smallest absolute Gasteiger partial charge is 0.307 e. The minimum Gasteiger partial charge on any atom is -0.487 e. The van der Waals surface area contributed by atoms with Crippen LogP contribution in [0.2, 0.25) is 0 Å². The van der Waals surface area contributed by atoms with Crippen LogP contribution in [0, 0.1) is 6.92 Å². The maximum absolute atomic E-state index is 12.4. The van der Waals surface area contributed by atoms with Gasteiger partial charge in [0, 0.05) is 5.39 Å². The molecule has 6 heteroatoms. The zero-order valence-electron chi connectivity index (χ0n) is 18.2. The number of amides is 1. The largest absolute Gasteiger partial charge is 0.487 e. The first-order valence-corrected chi connectivity index (χ1v) is 11.3. The molecular formula is C27H23BrN2O3. The summed E-state index contributed by atoms with van der Waals surface area (Å²) in [6.07, 6.45) is 4.04. The number of halogens is 1. The van der Waals surface area contributed by atoms with Gasteiger partial charge in [0.1, 0.15) is 17.9 Å². The Hall–Kier alpha value is -3.64. The lowest BCUT2D eigenvalue weighted by Gasteiger charge is -2.14. The van der Waals surface area contributed by atoms with E-state index in [-0.39, 0.29) is 5.76 Å². The van der Waals surface area contributed by atoms with Gasteiger partial charge in [-0.1, -0.05) is 54.1 Å². The summed E-state index contributed by atoms with van der Waals surface area (Å²) >= 11 is 3.61. The minimum absolute atomic E-state index is 0.210. The van der Waals surface area contributed by atoms with Crippen molar-refractivity contribution in [3.8, 4) is 5.75 Å². The molecule has 0 aliphatic rings. The fourth-order valence-electron chi connectivity index (χ4n) is 3.37. The number of carbonyl (C=O) groups is 1. The van der Waals surface area contributed by atoms with Crippen molar-refractivity contribution in [2.45, 2.75) is 20.0 Å². The average Bonchev–Trinajstić information content (AvgIpc) is 3.24. The maximum Gasteiger partial charge on any atom is 0.307 e. The molecule has 4 rings (SSSR count). The van der Waals surface area contributed by atoms with E-state index in [1.165, 1.54) is 5.56 Å². The normalized spacial score (nSPS) is 11.1. The molecule has 5 nitrogen and oxygen atoms in total. The molecule has 0 aliphatic carbocycles. The van der Waals surface area contributed by atoms with Crippen molar-refractivity contribution in [2.75, 3.05) is 0 Å². The molecule has 0 fully saturated rings. The van der Waals surface area contributed by atoms with Crippen LogP contribution in [0.1, 0.15) is 32.8 Å². The van der Waals surface area contributed by atoms with E-state index in [0.717, 1.165) is 32.3 Å². The van der Waals surface area contributed by atoms with E-state index in [1.54, 1.807) is 12.3 Å². The summed E-state index contributed by atoms with van der Waals surface area (Å²) in [6, 6.07) is 21.3. The molecule has 4 aromatic rings. The molecule has 0 saturated carbocycles. The third-order valence-corrected chi connectivity index (χ3v) is 5.63. The first-order valence-electron chi connectivity index (χ1n) is 10.5. The predicted molar refractivity (Wildman–Crippen MR) is 135 cm³/mol. The Morgan fingerprint density at radius 1 is 1.15 bits per heavy atom. The lowest BCUT2D eigenvalue weighted by molar-refractivity contribution is 0.0929. The van der Waals surface area contributed by atoms with Gasteiger partial charge in [-0.05, 0) is 70.2 Å². The maximum atomic E-state index is 12.4. The van der Waals surface area contributed by atoms with E-state index >= 15 is 0 Å². The van der Waals surface area contributed by atoms with Gasteiger partial charge in [-0.2, -0.15) is 5.10 Å². The van der Waals surface area contributed by atoms with Crippen molar-refractivity contribution in [1.29, 1.82) is 0 Å². The number of nitrogens with zero attached hydrogens (tertiary/aromatic N) is 1. The van der Waals surface area contributed by atoms with Gasteiger partial charge < -0.3 is 9.15 Å². The Balaban J connectivity index is 1.46. The van der Waals surface area contributed by atoms with Crippen LogP contribution < -0.4 is 10.2 Å². The number of furan rings is 1. The molecule has 166 valence electrons. The molecule has 1 heterocycles. The molecule has 0 bridgehead atoms. The highest BCUT2D eigenvalue weighted by atomic mass is 79.9. The van der Waals surface area contributed by atoms with E-state index < -0.39 is 5.91 Å². The average molecular weight is 503 g/mol. The Morgan fingerprint density at radius 2 is 1.94 bits per heavy atom. The van der Waals surface area contributed by atoms with Gasteiger partial charge in [-0.3, -0.25) is 4.79 Å². The second-order valence-corrected chi connectivity index (χ2v) is 8.46. The van der Waals surface area contributed by atoms with Crippen molar-refractivity contribution in [3.63, 3.8) is 0 Å². The van der Waals surface area contributed by atoms with E-state index in [0.29, 0.717) is 18.6 Å². The van der Waals surface area contributed by atoms with Gasteiger partial charge in [0.05, 0.1) is 10.7 Å². The second-order valence-electron chi connectivity index (χ2n) is 7.61. The first-order chi connectivity index (χ1) is 16.0. The molecule has 0 spiro atoms. The summed E-state index contributed by atoms with van der Waals surface area (Å²) < 4.78 is 12.5. The van der Waals surface area contributed by atoms with Gasteiger partial charge >= 0.3 is 5.91 Å². The molecule has 1 aromatic heterocycles. The minimum atomic E-state index is -0.411. The fourth-order valence-corrected chi connectivity index (χ4v) is 4.00. The highest BCUT2D eigenvalue weighted by Gasteiger charge is 2.12. The summed E-state index contributed by atoms with van der Waals surface area (Å²) in [5.74, 6) is 0.562. The highest BCUT2D eigenvalue weighted by molar-refractivity contribution is 9.10. The van der Waals surface area contributed by atoms with Crippen molar-refractivity contribution in [3.05, 3.63) is 112 Å². The van der Waals surface area contributed by atoms with Crippen LogP contribution in [0.4, 0.5) is 0 Å². The van der Waals surface area contributed by atoms with Crippen molar-refractivity contribution >= 4 is 39.0 Å². The Kier molecular flexibility index (Phi) is 7.05. The number of ether oxygens (including phenoxy) is 1. The van der Waals surface area contributed by atoms with Crippen molar-refractivity contribution < 1.29 is 13.9 Å². The van der Waals surface area contributed by atoms with Crippen LogP contribution in [0.25, 0.3) is 11.0 Å². The molecule has 0 aliphatic heterocycles. The predicted octanol–water partition coefficient (Wildman–Crippen LogP) is 6.58. The van der Waals surface area contributed by atoms with Crippen LogP contribution in [0.15, 0.2) is 93.4 Å². The number of benzene rings is 3. The number of fused-ring (bicyclic) bond motifs is 1. The van der Waals surface area contributed by atoms with Gasteiger partial charge in [0.2, 0.25) is 0 Å². The standard InChI is InChI=1S/C27H23BrN2O3/c1-3-6-22-13-20(14-23(28)26(22)32-17-19-11-9-18(2)10-12-19)16-29-30-27(31)25-15-21-7-4-5-8-24(21)33-25/h3-5,7-16H,1,6,17H2,2H3,(H,30,31)/b29-16+. The Bertz CT molecular complexity index is 1290. The van der Waals surface area contributed by atoms with Crippen LogP contribution in [0.3, 0.4) is 0 Å². The number of hydrogen-bond acceptors (Lipinski definition) is 4. The summed E-state index contributed by atoms with van der Waals surface area (Å²) in [6.45, 7) is 6.37. The lowest BCUT2D eigenvalue weighted by atomic mass is 10.1. The zero-order valence-corrected chi connectivity index (χ0v) is 19.8. The second kappa shape index (κ2) is 10.3. The SMILES string of the molecule is C=CCc1cc(/C=N/NC(=O)c2cc3ccccc3o2)cc(Br)c1OCc1ccc(C)cc1. The van der Waals surface area contributed by atoms with Crippen LogP contribution >= 0.6 is 15.9 Å². The van der Waals surface area contributed by atoms with Crippen LogP contribution in [-0.4, -0.2) is 12.1 Å². The lowest BCUT2D eigenvalue weighted by Crippen LogP contribution is -2.16. The quantitative estimate of drug-likeness (QED) is 0.168. The number of aryl methyl sites for hydroxylation is 1. The number of hydrazone groups is 1. The third kappa shape index (κ3) is 5.59. The van der Waals surface area contributed by atoms with E-state index in [4.69, 9.17) is 9.15 Å². The summed E-state index contributed by atoms with van der Waals surface area (Å²) in [7, 11) is 0. The first kappa shape index (κ1) is 22.6. The van der Waals surface area contributed by atoms with Crippen LogP contribution in [0.5, 0.6) is 5.75 Å². The Morgan fingerprint density at radius 3 is 2.70 bits per heavy atom. The van der Waals surface area contributed by atoms with Crippen LogP contribution in [-0.2, 0) is 13.0 Å². The molecule has 0 atom stereocenters. The number of rotatable bonds is 8. The van der Waals surface area contributed by atoms with E-state index in [1.807, 2.05) is 42.5 Å². The third-order valence-electron chi connectivity index (χ3n) is 5.04. The molecule has 33 heavy (non-hydrogen) atoms. The van der Waals surface area contributed by atoms with Crippen molar-refractivity contribution in [1.82, 2.24) is 5.43 Å². The summed E-state index contributed by atoms with van der Waals surface area (Å²) in [5.41, 5.74) is 7.26. The zero-order chi connectivity index (χ0) is 23.2. The summed E-state index contributed by atoms with van der Waals surface area (Å²) in [5, 5.41) is 4.96. The number of allylic oxidation sites excluding steroid dienone is 1. The number of hydrogen-bond donors (Lipinski definition) is 1. The van der Waals surface area contributed by atoms with Gasteiger partial charge in [0.25, 0.3) is 0 Å². The molecule has 1 amide bonds. The number of carbonyl (C=O) groups excluding carboxylic acids is 1. The molecule has 3 aromatic carbocycles. The van der Waals surface area contributed by atoms with E-state index in [9.17, 15) is 4.79 Å². The van der Waals surface area contributed by atoms with Gasteiger partial charge in [-0.15, -0.1) is 6.58 Å². The monoisotopic (exact) mass is 502 g/mol. The summed E-state index contributed by atoms with van der Waals surface area (Å²) in [4.78, 5) is 12.4. The number of nitrogens with one attached hydrogen (secondary N) is 1. The molecule has 0 unspecified atom stereocenters.